The van der Waals surface area contributed by atoms with Gasteiger partial charge in [-0.1, -0.05) is 49.4 Å². The predicted molar refractivity (Wildman–Crippen MR) is 80.1 cm³/mol. The van der Waals surface area contributed by atoms with Gasteiger partial charge in [-0.25, -0.2) is 0 Å². The molecule has 2 aromatic carbocycles. The highest BCUT2D eigenvalue weighted by Gasteiger charge is 2.14. The molecule has 0 aliphatic rings. The molecule has 0 spiro atoms. The minimum atomic E-state index is 0.0777. The van der Waals surface area contributed by atoms with Crippen LogP contribution in [-0.4, -0.2) is 24.9 Å². The lowest BCUT2D eigenvalue weighted by atomic mass is 9.96. The molecule has 2 aromatic rings. The Morgan fingerprint density at radius 3 is 2.53 bits per heavy atom. The summed E-state index contributed by atoms with van der Waals surface area (Å²) < 4.78 is 0. The maximum Gasteiger partial charge on any atom is 0.224 e. The largest absolute Gasteiger partial charge is 0.349 e. The Morgan fingerprint density at radius 2 is 1.79 bits per heavy atom. The van der Waals surface area contributed by atoms with Crippen molar-refractivity contribution in [1.29, 1.82) is 0 Å². The number of fused-ring (bicyclic) bond motifs is 1. The third-order valence-corrected chi connectivity index (χ3v) is 3.59. The molecule has 0 aliphatic heterocycles. The molecular formula is C17H21NO. The van der Waals surface area contributed by atoms with E-state index in [1.807, 2.05) is 21.0 Å². The molecule has 2 heteroatoms. The number of rotatable bonds is 4. The molecule has 1 amide bonds. The van der Waals surface area contributed by atoms with Crippen molar-refractivity contribution in [2.75, 3.05) is 14.1 Å². The van der Waals surface area contributed by atoms with Gasteiger partial charge in [0, 0.05) is 20.0 Å². The molecule has 0 aromatic heterocycles. The number of benzene rings is 2. The van der Waals surface area contributed by atoms with Gasteiger partial charge in [-0.2, -0.15) is 0 Å². The summed E-state index contributed by atoms with van der Waals surface area (Å²) in [6.45, 7) is 2.01. The van der Waals surface area contributed by atoms with E-state index < -0.39 is 0 Å². The van der Waals surface area contributed by atoms with Gasteiger partial charge < -0.3 is 4.90 Å². The summed E-state index contributed by atoms with van der Waals surface area (Å²) in [6, 6.07) is 14.8. The average molecular weight is 255 g/mol. The summed E-state index contributed by atoms with van der Waals surface area (Å²) in [5, 5.41) is 2.57. The van der Waals surface area contributed by atoms with Crippen LogP contribution in [0.5, 0.6) is 0 Å². The van der Waals surface area contributed by atoms with E-state index in [9.17, 15) is 4.79 Å². The molecule has 0 fully saturated rings. The van der Waals surface area contributed by atoms with Crippen LogP contribution in [0.15, 0.2) is 42.5 Å². The Labute approximate surface area is 115 Å². The molecule has 0 radical (unpaired) electrons. The van der Waals surface area contributed by atoms with Crippen molar-refractivity contribution in [3.63, 3.8) is 0 Å². The maximum atomic E-state index is 11.9. The van der Waals surface area contributed by atoms with Crippen LogP contribution in [0, 0.1) is 5.92 Å². The van der Waals surface area contributed by atoms with E-state index in [1.165, 1.54) is 16.3 Å². The molecule has 2 rings (SSSR count). The van der Waals surface area contributed by atoms with Crippen LogP contribution in [-0.2, 0) is 11.2 Å². The molecule has 19 heavy (non-hydrogen) atoms. The summed E-state index contributed by atoms with van der Waals surface area (Å²) in [6.07, 6.45) is 1.84. The van der Waals surface area contributed by atoms with Crippen molar-refractivity contribution in [2.45, 2.75) is 19.8 Å². The first-order valence-electron chi connectivity index (χ1n) is 6.77. The van der Waals surface area contributed by atoms with Gasteiger partial charge in [-0.3, -0.25) is 4.79 Å². The normalized spacial score (nSPS) is 12.4. The zero-order valence-electron chi connectivity index (χ0n) is 11.9. The first-order valence-corrected chi connectivity index (χ1v) is 6.77. The van der Waals surface area contributed by atoms with Crippen LogP contribution < -0.4 is 0 Å². The molecular weight excluding hydrogens is 234 g/mol. The first-order chi connectivity index (χ1) is 9.09. The van der Waals surface area contributed by atoms with Crippen LogP contribution in [0.1, 0.15) is 18.9 Å². The second-order valence-electron chi connectivity index (χ2n) is 5.31. The Balaban J connectivity index is 2.12. The van der Waals surface area contributed by atoms with Crippen LogP contribution >= 0.6 is 0 Å². The number of nitrogens with zero attached hydrogens (tertiary/aromatic N) is 1. The number of hydrogen-bond donors (Lipinski definition) is 0. The molecule has 0 saturated carbocycles. The standard InChI is InChI=1S/C17H21NO/c1-13(17(19)18(2)3)11-12-15-9-6-8-14-7-4-5-10-16(14)15/h4-10,13H,11-12H2,1-3H3. The zero-order chi connectivity index (χ0) is 13.8. The van der Waals surface area contributed by atoms with Gasteiger partial charge >= 0.3 is 0 Å². The minimum absolute atomic E-state index is 0.0777. The molecule has 0 N–H and O–H groups in total. The van der Waals surface area contributed by atoms with Crippen LogP contribution in [0.2, 0.25) is 0 Å². The highest BCUT2D eigenvalue weighted by Crippen LogP contribution is 2.21. The fourth-order valence-electron chi connectivity index (χ4n) is 2.45. The van der Waals surface area contributed by atoms with E-state index in [2.05, 4.69) is 42.5 Å². The topological polar surface area (TPSA) is 20.3 Å². The number of hydrogen-bond acceptors (Lipinski definition) is 1. The van der Waals surface area contributed by atoms with E-state index in [1.54, 1.807) is 4.90 Å². The molecule has 2 nitrogen and oxygen atoms in total. The molecule has 100 valence electrons. The first kappa shape index (κ1) is 13.6. The van der Waals surface area contributed by atoms with E-state index in [-0.39, 0.29) is 11.8 Å². The predicted octanol–water partition coefficient (Wildman–Crippen LogP) is 3.50. The Bertz CT molecular complexity index is 569. The van der Waals surface area contributed by atoms with Gasteiger partial charge in [0.1, 0.15) is 0 Å². The van der Waals surface area contributed by atoms with Crippen molar-refractivity contribution in [3.05, 3.63) is 48.0 Å². The lowest BCUT2D eigenvalue weighted by molar-refractivity contribution is -0.132. The highest BCUT2D eigenvalue weighted by atomic mass is 16.2. The SMILES string of the molecule is CC(CCc1cccc2ccccc12)C(=O)N(C)C. The van der Waals surface area contributed by atoms with Crippen LogP contribution in [0.3, 0.4) is 0 Å². The van der Waals surface area contributed by atoms with E-state index in [0.29, 0.717) is 0 Å². The van der Waals surface area contributed by atoms with E-state index in [4.69, 9.17) is 0 Å². The second-order valence-corrected chi connectivity index (χ2v) is 5.31. The van der Waals surface area contributed by atoms with Crippen molar-refractivity contribution < 1.29 is 4.79 Å². The van der Waals surface area contributed by atoms with Gasteiger partial charge in [0.2, 0.25) is 5.91 Å². The summed E-state index contributed by atoms with van der Waals surface area (Å²) >= 11 is 0. The highest BCUT2D eigenvalue weighted by molar-refractivity contribution is 5.85. The minimum Gasteiger partial charge on any atom is -0.349 e. The monoisotopic (exact) mass is 255 g/mol. The zero-order valence-corrected chi connectivity index (χ0v) is 11.9. The number of aryl methyl sites for hydroxylation is 1. The van der Waals surface area contributed by atoms with Crippen molar-refractivity contribution in [1.82, 2.24) is 4.90 Å². The molecule has 1 unspecified atom stereocenters. The lowest BCUT2D eigenvalue weighted by Crippen LogP contribution is -2.28. The quantitative estimate of drug-likeness (QED) is 0.819. The van der Waals surface area contributed by atoms with Gasteiger partial charge in [0.15, 0.2) is 0 Å². The van der Waals surface area contributed by atoms with Crippen molar-refractivity contribution in [2.24, 2.45) is 5.92 Å². The number of carbonyl (C=O) groups is 1. The fourth-order valence-corrected chi connectivity index (χ4v) is 2.45. The number of carbonyl (C=O) groups excluding carboxylic acids is 1. The lowest BCUT2D eigenvalue weighted by Gasteiger charge is -2.17. The maximum absolute atomic E-state index is 11.9. The molecule has 0 heterocycles. The van der Waals surface area contributed by atoms with Crippen LogP contribution in [0.4, 0.5) is 0 Å². The third kappa shape index (κ3) is 3.14. The smallest absolute Gasteiger partial charge is 0.224 e. The summed E-state index contributed by atoms with van der Waals surface area (Å²) in [5.74, 6) is 0.286. The van der Waals surface area contributed by atoms with E-state index >= 15 is 0 Å². The Kier molecular flexibility index (Phi) is 4.20. The summed E-state index contributed by atoms with van der Waals surface area (Å²) in [5.41, 5.74) is 1.33. The molecule has 0 aliphatic carbocycles. The van der Waals surface area contributed by atoms with Gasteiger partial charge in [-0.05, 0) is 29.2 Å². The van der Waals surface area contributed by atoms with Crippen molar-refractivity contribution >= 4 is 16.7 Å². The Hall–Kier alpha value is -1.83. The van der Waals surface area contributed by atoms with Crippen LogP contribution in [0.25, 0.3) is 10.8 Å². The van der Waals surface area contributed by atoms with E-state index in [0.717, 1.165) is 12.8 Å². The van der Waals surface area contributed by atoms with Gasteiger partial charge in [0.25, 0.3) is 0 Å². The Morgan fingerprint density at radius 1 is 1.11 bits per heavy atom. The second kappa shape index (κ2) is 5.87. The van der Waals surface area contributed by atoms with Crippen molar-refractivity contribution in [3.8, 4) is 0 Å². The van der Waals surface area contributed by atoms with Gasteiger partial charge in [-0.15, -0.1) is 0 Å². The fraction of sp³-hybridized carbons (Fsp3) is 0.353. The number of amides is 1. The molecule has 0 saturated heterocycles. The summed E-state index contributed by atoms with van der Waals surface area (Å²) in [7, 11) is 3.63. The third-order valence-electron chi connectivity index (χ3n) is 3.59. The summed E-state index contributed by atoms with van der Waals surface area (Å²) in [4.78, 5) is 13.5. The van der Waals surface area contributed by atoms with Gasteiger partial charge in [0.05, 0.1) is 0 Å². The average Bonchev–Trinajstić information content (AvgIpc) is 2.43. The molecule has 1 atom stereocenters. The molecule has 0 bridgehead atoms.